The summed E-state index contributed by atoms with van der Waals surface area (Å²) in [5.74, 6) is -0.0460. The number of ether oxygens (including phenoxy) is 1. The first-order chi connectivity index (χ1) is 16.1. The number of fused-ring (bicyclic) bond motifs is 1. The highest BCUT2D eigenvalue weighted by atomic mass is 32.2. The van der Waals surface area contributed by atoms with Crippen molar-refractivity contribution in [2.24, 2.45) is 0 Å². The number of hydrogen-bond acceptors (Lipinski definition) is 5. The Morgan fingerprint density at radius 1 is 1.06 bits per heavy atom. The molecule has 2 aromatic rings. The van der Waals surface area contributed by atoms with Crippen LogP contribution in [-0.2, 0) is 20.9 Å². The lowest BCUT2D eigenvalue weighted by atomic mass is 10.2. The summed E-state index contributed by atoms with van der Waals surface area (Å²) in [5.41, 5.74) is 1.57. The Hall–Kier alpha value is -3.00. The van der Waals surface area contributed by atoms with Crippen LogP contribution in [0.25, 0.3) is 0 Å². The summed E-state index contributed by atoms with van der Waals surface area (Å²) in [5, 5.41) is 2.02. The molecule has 7 nitrogen and oxygen atoms in total. The molecule has 1 saturated heterocycles. The molecule has 1 N–H and O–H groups in total. The fraction of sp³-hybridized carbons (Fsp3) is 0.400. The third-order valence-corrected chi connectivity index (χ3v) is 7.20. The van der Waals surface area contributed by atoms with Gasteiger partial charge in [0.2, 0.25) is 11.8 Å². The largest absolute Gasteiger partial charge is 0.497 e. The highest BCUT2D eigenvalue weighted by Gasteiger charge is 2.40. The van der Waals surface area contributed by atoms with E-state index in [2.05, 4.69) is 5.32 Å². The molecule has 3 amide bonds. The number of thioether (sulfide) groups is 1. The molecule has 0 bridgehead atoms. The van der Waals surface area contributed by atoms with Gasteiger partial charge in [0.05, 0.1) is 12.8 Å². The van der Waals surface area contributed by atoms with E-state index in [0.29, 0.717) is 31.1 Å². The Kier molecular flexibility index (Phi) is 7.54. The van der Waals surface area contributed by atoms with Gasteiger partial charge in [-0.3, -0.25) is 14.4 Å². The minimum absolute atomic E-state index is 0.135. The van der Waals surface area contributed by atoms with Gasteiger partial charge < -0.3 is 19.9 Å². The van der Waals surface area contributed by atoms with Gasteiger partial charge in [0.1, 0.15) is 12.3 Å². The number of carbonyl (C=O) groups is 3. The molecule has 4 rings (SSSR count). The average Bonchev–Trinajstić information content (AvgIpc) is 3.14. The molecular formula is C25H29N3O4S. The van der Waals surface area contributed by atoms with Crippen molar-refractivity contribution in [3.8, 4) is 5.75 Å². The number of nitrogens with zero attached hydrogens (tertiary/aromatic N) is 2. The summed E-state index contributed by atoms with van der Waals surface area (Å²) in [4.78, 5) is 43.6. The molecule has 0 saturated carbocycles. The molecule has 0 aromatic heterocycles. The number of para-hydroxylation sites is 1. The molecule has 2 heterocycles. The fourth-order valence-electron chi connectivity index (χ4n) is 4.18. The van der Waals surface area contributed by atoms with Crippen molar-refractivity contribution in [3.05, 3.63) is 54.1 Å². The Morgan fingerprint density at radius 3 is 2.58 bits per heavy atom. The van der Waals surface area contributed by atoms with E-state index in [1.807, 2.05) is 53.4 Å². The number of amides is 3. The van der Waals surface area contributed by atoms with Crippen LogP contribution in [0.2, 0.25) is 0 Å². The second-order valence-electron chi connectivity index (χ2n) is 8.26. The van der Waals surface area contributed by atoms with Crippen LogP contribution in [0, 0.1) is 0 Å². The number of rotatable bonds is 6. The predicted molar refractivity (Wildman–Crippen MR) is 128 cm³/mol. The molecule has 0 radical (unpaired) electrons. The van der Waals surface area contributed by atoms with Crippen molar-refractivity contribution < 1.29 is 19.1 Å². The number of nitrogens with one attached hydrogen (secondary N) is 1. The van der Waals surface area contributed by atoms with E-state index >= 15 is 0 Å². The van der Waals surface area contributed by atoms with Gasteiger partial charge in [0, 0.05) is 24.5 Å². The van der Waals surface area contributed by atoms with Crippen LogP contribution in [0.5, 0.6) is 5.75 Å². The number of anilines is 1. The Bertz CT molecular complexity index is 1020. The summed E-state index contributed by atoms with van der Waals surface area (Å²) in [7, 11) is 1.60. The van der Waals surface area contributed by atoms with E-state index in [1.54, 1.807) is 7.11 Å². The maximum absolute atomic E-state index is 13.4. The summed E-state index contributed by atoms with van der Waals surface area (Å²) in [6.07, 6.45) is 4.14. The van der Waals surface area contributed by atoms with Crippen LogP contribution in [0.15, 0.2) is 53.4 Å². The summed E-state index contributed by atoms with van der Waals surface area (Å²) >= 11 is 1.29. The van der Waals surface area contributed by atoms with Crippen LogP contribution < -0.4 is 15.0 Å². The van der Waals surface area contributed by atoms with Crippen LogP contribution in [0.3, 0.4) is 0 Å². The first kappa shape index (κ1) is 23.2. The number of likely N-dealkylation sites (tertiary alicyclic amines) is 1. The molecule has 1 fully saturated rings. The van der Waals surface area contributed by atoms with Crippen molar-refractivity contribution in [2.75, 3.05) is 31.6 Å². The highest BCUT2D eigenvalue weighted by Crippen LogP contribution is 2.39. The van der Waals surface area contributed by atoms with E-state index in [-0.39, 0.29) is 24.3 Å². The minimum atomic E-state index is -0.857. The maximum atomic E-state index is 13.4. The van der Waals surface area contributed by atoms with Crippen molar-refractivity contribution in [3.63, 3.8) is 0 Å². The molecule has 174 valence electrons. The first-order valence-corrected chi connectivity index (χ1v) is 12.2. The molecule has 0 aliphatic carbocycles. The summed E-state index contributed by atoms with van der Waals surface area (Å²) < 4.78 is 5.22. The lowest BCUT2D eigenvalue weighted by Gasteiger charge is -2.34. The van der Waals surface area contributed by atoms with E-state index in [0.717, 1.165) is 36.1 Å². The average molecular weight is 468 g/mol. The van der Waals surface area contributed by atoms with Crippen LogP contribution in [0.4, 0.5) is 5.69 Å². The normalized spacial score (nSPS) is 18.3. The van der Waals surface area contributed by atoms with Gasteiger partial charge in [-0.2, -0.15) is 0 Å². The zero-order valence-corrected chi connectivity index (χ0v) is 19.6. The van der Waals surface area contributed by atoms with Gasteiger partial charge in [-0.25, -0.2) is 0 Å². The topological polar surface area (TPSA) is 79.0 Å². The Morgan fingerprint density at radius 2 is 1.82 bits per heavy atom. The quantitative estimate of drug-likeness (QED) is 0.660. The predicted octanol–water partition coefficient (Wildman–Crippen LogP) is 3.22. The second kappa shape index (κ2) is 10.7. The van der Waals surface area contributed by atoms with Gasteiger partial charge in [-0.05, 0) is 42.7 Å². The molecule has 1 atom stereocenters. The van der Waals surface area contributed by atoms with Crippen molar-refractivity contribution in [1.82, 2.24) is 10.2 Å². The van der Waals surface area contributed by atoms with E-state index in [4.69, 9.17) is 4.74 Å². The number of methoxy groups -OCH3 is 1. The standard InChI is InChI=1S/C25H29N3O4S/c1-32-19-10-8-9-18(15-19)16-26-22(29)17-28-20-11-4-5-12-21(20)33-23(25(28)31)24(30)27-13-6-2-3-7-14-27/h4-5,8-12,15,23H,2-3,6-7,13-14,16-17H2,1H3,(H,26,29)/t23-/m0/s1. The zero-order valence-electron chi connectivity index (χ0n) is 18.8. The van der Waals surface area contributed by atoms with E-state index in [9.17, 15) is 14.4 Å². The lowest BCUT2D eigenvalue weighted by Crippen LogP contribution is -2.52. The molecule has 33 heavy (non-hydrogen) atoms. The van der Waals surface area contributed by atoms with Gasteiger partial charge in [-0.1, -0.05) is 37.1 Å². The highest BCUT2D eigenvalue weighted by molar-refractivity contribution is 8.01. The first-order valence-electron chi connectivity index (χ1n) is 11.3. The minimum Gasteiger partial charge on any atom is -0.497 e. The maximum Gasteiger partial charge on any atom is 0.250 e. The molecule has 2 aliphatic heterocycles. The smallest absolute Gasteiger partial charge is 0.250 e. The third-order valence-electron chi connectivity index (χ3n) is 5.96. The van der Waals surface area contributed by atoms with Crippen LogP contribution in [0.1, 0.15) is 31.2 Å². The zero-order chi connectivity index (χ0) is 23.2. The molecule has 0 spiro atoms. The number of benzene rings is 2. The van der Waals surface area contributed by atoms with Gasteiger partial charge >= 0.3 is 0 Å². The summed E-state index contributed by atoms with van der Waals surface area (Å²) in [6, 6.07) is 14.9. The van der Waals surface area contributed by atoms with E-state index in [1.165, 1.54) is 16.7 Å². The van der Waals surface area contributed by atoms with Crippen molar-refractivity contribution in [2.45, 2.75) is 42.4 Å². The van der Waals surface area contributed by atoms with Crippen molar-refractivity contribution >= 4 is 35.2 Å². The second-order valence-corrected chi connectivity index (χ2v) is 9.40. The number of carbonyl (C=O) groups excluding carboxylic acids is 3. The molecule has 8 heteroatoms. The van der Waals surface area contributed by atoms with Crippen molar-refractivity contribution in [1.29, 1.82) is 0 Å². The fourth-order valence-corrected chi connectivity index (χ4v) is 5.36. The van der Waals surface area contributed by atoms with Gasteiger partial charge in [0.25, 0.3) is 5.91 Å². The van der Waals surface area contributed by atoms with E-state index < -0.39 is 5.25 Å². The van der Waals surface area contributed by atoms with Crippen LogP contribution >= 0.6 is 11.8 Å². The SMILES string of the molecule is COc1cccc(CNC(=O)CN2C(=O)[C@H](C(=O)N3CCCCCC3)Sc3ccccc32)c1. The molecule has 2 aliphatic rings. The lowest BCUT2D eigenvalue weighted by molar-refractivity contribution is -0.135. The molecule has 0 unspecified atom stereocenters. The Labute approximate surface area is 198 Å². The third kappa shape index (κ3) is 5.50. The monoisotopic (exact) mass is 467 g/mol. The Balaban J connectivity index is 1.47. The molecule has 2 aromatic carbocycles. The van der Waals surface area contributed by atoms with Gasteiger partial charge in [0.15, 0.2) is 5.25 Å². The molecular weight excluding hydrogens is 438 g/mol. The van der Waals surface area contributed by atoms with Gasteiger partial charge in [-0.15, -0.1) is 11.8 Å². The number of hydrogen-bond donors (Lipinski definition) is 1. The van der Waals surface area contributed by atoms with Crippen LogP contribution in [-0.4, -0.2) is 54.6 Å². The summed E-state index contributed by atoms with van der Waals surface area (Å²) in [6.45, 7) is 1.56.